The predicted molar refractivity (Wildman–Crippen MR) is 191 cm³/mol. The van der Waals surface area contributed by atoms with Gasteiger partial charge < -0.3 is 0 Å². The second kappa shape index (κ2) is 12.7. The van der Waals surface area contributed by atoms with Crippen LogP contribution in [0.3, 0.4) is 0 Å². The van der Waals surface area contributed by atoms with E-state index in [0.29, 0.717) is 0 Å². The van der Waals surface area contributed by atoms with Gasteiger partial charge in [-0.3, -0.25) is 0 Å². The maximum absolute atomic E-state index is 7.66. The third-order valence-electron chi connectivity index (χ3n) is 10.6. The molecule has 0 heterocycles. The number of hydrogen-bond acceptors (Lipinski definition) is 0. The Balaban J connectivity index is 1.43. The van der Waals surface area contributed by atoms with Crippen LogP contribution in [0.5, 0.6) is 0 Å². The third kappa shape index (κ3) is 5.22. The predicted octanol–water partition coefficient (Wildman–Crippen LogP) is 12.5. The van der Waals surface area contributed by atoms with Gasteiger partial charge in [-0.05, 0) is 101 Å². The van der Waals surface area contributed by atoms with Crippen molar-refractivity contribution in [1.82, 2.24) is 0 Å². The fourth-order valence-electron chi connectivity index (χ4n) is 8.60. The average Bonchev–Trinajstić information content (AvgIpc) is 3.47. The molecular formula is C44H47N. The number of fused-ring (bicyclic) bond motifs is 6. The van der Waals surface area contributed by atoms with Crippen LogP contribution in [0.2, 0.25) is 0 Å². The van der Waals surface area contributed by atoms with Gasteiger partial charge in [-0.15, -0.1) is 0 Å². The Morgan fingerprint density at radius 1 is 0.533 bits per heavy atom. The van der Waals surface area contributed by atoms with Crippen molar-refractivity contribution < 1.29 is 0 Å². The van der Waals surface area contributed by atoms with Crippen LogP contribution in [-0.4, -0.2) is 0 Å². The van der Waals surface area contributed by atoms with Crippen molar-refractivity contribution in [2.45, 2.75) is 110 Å². The molecule has 0 unspecified atom stereocenters. The first-order valence-corrected chi connectivity index (χ1v) is 17.4. The molecule has 0 saturated carbocycles. The lowest BCUT2D eigenvalue weighted by Crippen LogP contribution is -2.25. The molecule has 0 fully saturated rings. The molecule has 2 aliphatic carbocycles. The molecule has 0 aliphatic heterocycles. The Kier molecular flexibility index (Phi) is 8.76. The van der Waals surface area contributed by atoms with E-state index in [4.69, 9.17) is 6.57 Å². The standard InChI is InChI=1S/C44H47N/c1-7-11-25-44(26-12-8-2)39-27-31(5)13-19-35(39)36-20-16-33(29-41(36)44)15-14-32-17-21-37-38-22-18-34(45-6)30-42(38)43(23-9-3,24-10-4)40(37)28-32/h13,16-22,27-30H,7-12,23-26H2,1-5H3. The van der Waals surface area contributed by atoms with Gasteiger partial charge in [-0.2, -0.15) is 0 Å². The quantitative estimate of drug-likeness (QED) is 0.128. The zero-order chi connectivity index (χ0) is 31.6. The second-order valence-electron chi connectivity index (χ2n) is 13.5. The van der Waals surface area contributed by atoms with Crippen LogP contribution in [0.4, 0.5) is 5.69 Å². The summed E-state index contributed by atoms with van der Waals surface area (Å²) < 4.78 is 0. The third-order valence-corrected chi connectivity index (χ3v) is 10.6. The van der Waals surface area contributed by atoms with Crippen molar-refractivity contribution in [3.63, 3.8) is 0 Å². The molecule has 2 aliphatic rings. The zero-order valence-electron chi connectivity index (χ0n) is 27.9. The topological polar surface area (TPSA) is 4.36 Å². The van der Waals surface area contributed by atoms with Gasteiger partial charge in [0.05, 0.1) is 6.57 Å². The Labute approximate surface area is 271 Å². The lowest BCUT2D eigenvalue weighted by Gasteiger charge is -2.33. The van der Waals surface area contributed by atoms with E-state index in [1.807, 2.05) is 6.07 Å². The molecule has 0 aromatic heterocycles. The molecule has 0 saturated heterocycles. The van der Waals surface area contributed by atoms with Crippen LogP contribution in [0.1, 0.15) is 131 Å². The minimum absolute atomic E-state index is 0.0534. The fraction of sp³-hybridized carbons (Fsp3) is 0.386. The van der Waals surface area contributed by atoms with E-state index in [-0.39, 0.29) is 10.8 Å². The summed E-state index contributed by atoms with van der Waals surface area (Å²) >= 11 is 0. The van der Waals surface area contributed by atoms with Gasteiger partial charge >= 0.3 is 0 Å². The minimum atomic E-state index is -0.0534. The van der Waals surface area contributed by atoms with Gasteiger partial charge in [-0.25, -0.2) is 4.85 Å². The lowest BCUT2D eigenvalue weighted by atomic mass is 9.70. The zero-order valence-corrected chi connectivity index (χ0v) is 27.9. The van der Waals surface area contributed by atoms with Crippen molar-refractivity contribution in [2.24, 2.45) is 0 Å². The highest BCUT2D eigenvalue weighted by Crippen LogP contribution is 2.56. The monoisotopic (exact) mass is 589 g/mol. The SMILES string of the molecule is [C-]#[N+]c1ccc2c(c1)C(CCC)(CCC)c1cc(C#Cc3ccc4c(c3)C(CCCC)(CCCC)c3cc(C)ccc3-4)ccc1-2. The highest BCUT2D eigenvalue weighted by molar-refractivity contribution is 5.84. The van der Waals surface area contributed by atoms with Gasteiger partial charge in [0, 0.05) is 22.0 Å². The Bertz CT molecular complexity index is 1820. The highest BCUT2D eigenvalue weighted by Gasteiger charge is 2.43. The molecule has 0 N–H and O–H groups in total. The molecule has 228 valence electrons. The van der Waals surface area contributed by atoms with E-state index >= 15 is 0 Å². The average molecular weight is 590 g/mol. The van der Waals surface area contributed by atoms with Crippen LogP contribution >= 0.6 is 0 Å². The van der Waals surface area contributed by atoms with Gasteiger partial charge in [0.2, 0.25) is 0 Å². The summed E-state index contributed by atoms with van der Waals surface area (Å²) in [4.78, 5) is 3.79. The largest absolute Gasteiger partial charge is 0.238 e. The number of rotatable bonds is 10. The first-order chi connectivity index (χ1) is 21.9. The number of unbranched alkanes of at least 4 members (excludes halogenated alkanes) is 2. The van der Waals surface area contributed by atoms with Crippen LogP contribution in [-0.2, 0) is 10.8 Å². The van der Waals surface area contributed by atoms with Gasteiger partial charge in [0.15, 0.2) is 5.69 Å². The van der Waals surface area contributed by atoms with E-state index in [2.05, 4.69) is 118 Å². The minimum Gasteiger partial charge on any atom is -0.238 e. The molecule has 45 heavy (non-hydrogen) atoms. The Morgan fingerprint density at radius 3 is 1.47 bits per heavy atom. The van der Waals surface area contributed by atoms with Crippen LogP contribution in [0.25, 0.3) is 27.1 Å². The first-order valence-electron chi connectivity index (χ1n) is 17.4. The number of benzene rings is 4. The maximum Gasteiger partial charge on any atom is 0.187 e. The molecule has 4 aromatic carbocycles. The van der Waals surface area contributed by atoms with Crippen molar-refractivity contribution >= 4 is 5.69 Å². The fourth-order valence-corrected chi connectivity index (χ4v) is 8.60. The normalized spacial score (nSPS) is 14.5. The molecule has 0 amide bonds. The molecule has 0 bridgehead atoms. The Hall–Kier alpha value is -4.07. The van der Waals surface area contributed by atoms with Crippen molar-refractivity contribution in [2.75, 3.05) is 0 Å². The molecule has 0 spiro atoms. The summed E-state index contributed by atoms with van der Waals surface area (Å²) in [6.45, 7) is 19.1. The summed E-state index contributed by atoms with van der Waals surface area (Å²) in [7, 11) is 0. The van der Waals surface area contributed by atoms with E-state index in [9.17, 15) is 0 Å². The molecule has 1 nitrogen and oxygen atoms in total. The van der Waals surface area contributed by atoms with Gasteiger partial charge in [0.1, 0.15) is 0 Å². The van der Waals surface area contributed by atoms with Crippen molar-refractivity contribution in [1.29, 1.82) is 0 Å². The maximum atomic E-state index is 7.66. The molecule has 6 rings (SSSR count). The molecule has 1 heteroatoms. The number of nitrogens with zero attached hydrogens (tertiary/aromatic N) is 1. The second-order valence-corrected chi connectivity index (χ2v) is 13.5. The van der Waals surface area contributed by atoms with Crippen molar-refractivity contribution in [3.05, 3.63) is 123 Å². The van der Waals surface area contributed by atoms with E-state index in [1.165, 1.54) is 88.6 Å². The molecular weight excluding hydrogens is 542 g/mol. The van der Waals surface area contributed by atoms with Gasteiger partial charge in [0.25, 0.3) is 0 Å². The van der Waals surface area contributed by atoms with Crippen LogP contribution in [0, 0.1) is 25.3 Å². The summed E-state index contributed by atoms with van der Waals surface area (Å²) in [5.41, 5.74) is 15.5. The molecule has 0 radical (unpaired) electrons. The molecule has 0 atom stereocenters. The lowest BCUT2D eigenvalue weighted by molar-refractivity contribution is 0.414. The van der Waals surface area contributed by atoms with E-state index in [1.54, 1.807) is 0 Å². The van der Waals surface area contributed by atoms with Gasteiger partial charge in [-0.1, -0.05) is 132 Å². The van der Waals surface area contributed by atoms with E-state index in [0.717, 1.165) is 42.5 Å². The number of hydrogen-bond donors (Lipinski definition) is 0. The van der Waals surface area contributed by atoms with Crippen molar-refractivity contribution in [3.8, 4) is 34.1 Å². The summed E-state index contributed by atoms with van der Waals surface area (Å²) in [6.07, 6.45) is 11.7. The first kappa shape index (κ1) is 30.9. The molecule has 4 aromatic rings. The summed E-state index contributed by atoms with van der Waals surface area (Å²) in [5, 5.41) is 0. The summed E-state index contributed by atoms with van der Waals surface area (Å²) in [5.74, 6) is 7.21. The summed E-state index contributed by atoms with van der Waals surface area (Å²) in [6, 6.07) is 27.3. The highest BCUT2D eigenvalue weighted by atomic mass is 14.6. The smallest absolute Gasteiger partial charge is 0.187 e. The Morgan fingerprint density at radius 2 is 0.978 bits per heavy atom. The van der Waals surface area contributed by atoms with E-state index < -0.39 is 0 Å². The van der Waals surface area contributed by atoms with Crippen LogP contribution in [0.15, 0.2) is 72.8 Å². The van der Waals surface area contributed by atoms with Crippen LogP contribution < -0.4 is 0 Å². The number of aryl methyl sites for hydroxylation is 1.